The van der Waals surface area contributed by atoms with E-state index in [0.717, 1.165) is 0 Å². The minimum Gasteiger partial charge on any atom is -0.460 e. The summed E-state index contributed by atoms with van der Waals surface area (Å²) in [6, 6.07) is 8.88. The van der Waals surface area contributed by atoms with E-state index in [9.17, 15) is 4.79 Å². The van der Waals surface area contributed by atoms with Crippen LogP contribution in [0, 0.1) is 0 Å². The first-order valence-corrected chi connectivity index (χ1v) is 7.01. The molecule has 0 aromatic heterocycles. The van der Waals surface area contributed by atoms with Crippen LogP contribution in [0.25, 0.3) is 0 Å². The Morgan fingerprint density at radius 2 is 1.36 bits per heavy atom. The molecule has 3 heteroatoms. The van der Waals surface area contributed by atoms with E-state index < -0.39 is 0 Å². The Morgan fingerprint density at radius 3 is 1.73 bits per heavy atom. The van der Waals surface area contributed by atoms with Gasteiger partial charge in [0.15, 0.2) is 0 Å². The molecular formula is C19H30O3. The molecule has 0 aliphatic rings. The van der Waals surface area contributed by atoms with Crippen molar-refractivity contribution in [1.82, 2.24) is 0 Å². The fourth-order valence-electron chi connectivity index (χ4n) is 0.875. The van der Waals surface area contributed by atoms with Crippen LogP contribution in [0.2, 0.25) is 0 Å². The second-order valence-corrected chi connectivity index (χ2v) is 3.72. The summed E-state index contributed by atoms with van der Waals surface area (Å²) in [4.78, 5) is 11.2. The average Bonchev–Trinajstić information content (AvgIpc) is 2.51. The highest BCUT2D eigenvalue weighted by Gasteiger charge is 2.04. The lowest BCUT2D eigenvalue weighted by Gasteiger charge is -2.02. The number of carbonyl (C=O) groups excluding carboxylic acids is 1. The van der Waals surface area contributed by atoms with E-state index in [0.29, 0.717) is 18.8 Å². The van der Waals surface area contributed by atoms with Gasteiger partial charge in [0.05, 0.1) is 12.2 Å². The maximum absolute atomic E-state index is 11.2. The normalized spacial score (nSPS) is 7.45. The van der Waals surface area contributed by atoms with Crippen LogP contribution in [0.5, 0.6) is 0 Å². The molecule has 0 amide bonds. The molecule has 0 N–H and O–H groups in total. The van der Waals surface area contributed by atoms with Gasteiger partial charge in [-0.1, -0.05) is 36.4 Å². The molecule has 0 bridgehead atoms. The summed E-state index contributed by atoms with van der Waals surface area (Å²) in [5.41, 5.74) is 0.568. The Bertz CT molecular complexity index is 355. The fourth-order valence-corrected chi connectivity index (χ4v) is 0.875. The standard InChI is InChI=1S/C10H12O3.3C3H6/c1-12-7-8-13-10(11)9-5-3-2-4-6-9;3*1-3-2/h2-6H,7-8H2,1H3;3*3H,1H2,2H3. The third-order valence-corrected chi connectivity index (χ3v) is 1.53. The molecule has 1 rings (SSSR count). The first-order valence-electron chi connectivity index (χ1n) is 7.01. The molecule has 0 radical (unpaired) electrons. The van der Waals surface area contributed by atoms with Crippen LogP contribution in [-0.2, 0) is 9.47 Å². The number of benzene rings is 1. The van der Waals surface area contributed by atoms with E-state index in [2.05, 4.69) is 19.7 Å². The van der Waals surface area contributed by atoms with Crippen molar-refractivity contribution in [2.75, 3.05) is 20.3 Å². The van der Waals surface area contributed by atoms with Gasteiger partial charge in [0, 0.05) is 7.11 Å². The molecule has 1 aromatic rings. The van der Waals surface area contributed by atoms with Crippen molar-refractivity contribution < 1.29 is 14.3 Å². The fraction of sp³-hybridized carbons (Fsp3) is 0.316. The summed E-state index contributed by atoms with van der Waals surface area (Å²) < 4.78 is 9.66. The lowest BCUT2D eigenvalue weighted by Crippen LogP contribution is -2.09. The van der Waals surface area contributed by atoms with Crippen molar-refractivity contribution in [1.29, 1.82) is 0 Å². The second-order valence-electron chi connectivity index (χ2n) is 3.72. The van der Waals surface area contributed by atoms with Gasteiger partial charge in [-0.25, -0.2) is 4.79 Å². The van der Waals surface area contributed by atoms with Gasteiger partial charge in [0.25, 0.3) is 0 Å². The number of hydrogen-bond acceptors (Lipinski definition) is 3. The molecule has 0 saturated carbocycles. The highest BCUT2D eigenvalue weighted by Crippen LogP contribution is 2.00. The van der Waals surface area contributed by atoms with Crippen molar-refractivity contribution in [3.8, 4) is 0 Å². The Kier molecular flexibility index (Phi) is 27.0. The first kappa shape index (κ1) is 24.9. The predicted octanol–water partition coefficient (Wildman–Crippen LogP) is 5.07. The van der Waals surface area contributed by atoms with Crippen LogP contribution >= 0.6 is 0 Å². The van der Waals surface area contributed by atoms with Crippen LogP contribution in [0.1, 0.15) is 31.1 Å². The summed E-state index contributed by atoms with van der Waals surface area (Å²) in [5.74, 6) is -0.308. The molecule has 0 saturated heterocycles. The summed E-state index contributed by atoms with van der Waals surface area (Å²) in [6.07, 6.45) is 5.25. The van der Waals surface area contributed by atoms with Crippen molar-refractivity contribution >= 4 is 5.97 Å². The van der Waals surface area contributed by atoms with Crippen LogP contribution in [0.3, 0.4) is 0 Å². The highest BCUT2D eigenvalue weighted by atomic mass is 16.6. The largest absolute Gasteiger partial charge is 0.460 e. The summed E-state index contributed by atoms with van der Waals surface area (Å²) in [6.45, 7) is 16.5. The molecule has 0 aliphatic heterocycles. The van der Waals surface area contributed by atoms with Gasteiger partial charge < -0.3 is 9.47 Å². The molecule has 124 valence electrons. The van der Waals surface area contributed by atoms with Gasteiger partial charge in [-0.2, -0.15) is 0 Å². The van der Waals surface area contributed by atoms with E-state index in [-0.39, 0.29) is 5.97 Å². The molecule has 0 fully saturated rings. The highest BCUT2D eigenvalue weighted by molar-refractivity contribution is 5.89. The number of methoxy groups -OCH3 is 1. The maximum atomic E-state index is 11.2. The van der Waals surface area contributed by atoms with E-state index in [1.807, 2.05) is 26.8 Å². The number of carbonyl (C=O) groups is 1. The average molecular weight is 306 g/mol. The molecule has 0 spiro atoms. The Morgan fingerprint density at radius 1 is 0.955 bits per heavy atom. The minimum absolute atomic E-state index is 0.296. The van der Waals surface area contributed by atoms with Crippen molar-refractivity contribution in [3.05, 3.63) is 73.9 Å². The molecule has 0 heterocycles. The minimum atomic E-state index is -0.308. The van der Waals surface area contributed by atoms with Crippen LogP contribution in [0.4, 0.5) is 0 Å². The number of ether oxygens (including phenoxy) is 2. The lowest BCUT2D eigenvalue weighted by molar-refractivity contribution is 0.0388. The smallest absolute Gasteiger partial charge is 0.338 e. The molecule has 0 aliphatic carbocycles. The van der Waals surface area contributed by atoms with Gasteiger partial charge in [-0.3, -0.25) is 0 Å². The van der Waals surface area contributed by atoms with Crippen molar-refractivity contribution in [3.63, 3.8) is 0 Å². The van der Waals surface area contributed by atoms with E-state index in [4.69, 9.17) is 9.47 Å². The van der Waals surface area contributed by atoms with Crippen LogP contribution < -0.4 is 0 Å². The summed E-state index contributed by atoms with van der Waals surface area (Å²) in [5, 5.41) is 0. The number of allylic oxidation sites excluding steroid dienone is 3. The van der Waals surface area contributed by atoms with Gasteiger partial charge in [-0.05, 0) is 32.9 Å². The van der Waals surface area contributed by atoms with Gasteiger partial charge in [0.1, 0.15) is 6.61 Å². The van der Waals surface area contributed by atoms with Crippen molar-refractivity contribution in [2.45, 2.75) is 20.8 Å². The van der Waals surface area contributed by atoms with Crippen molar-refractivity contribution in [2.24, 2.45) is 0 Å². The first-order chi connectivity index (χ1) is 10.6. The zero-order valence-corrected chi connectivity index (χ0v) is 14.4. The lowest BCUT2D eigenvalue weighted by atomic mass is 10.2. The SMILES string of the molecule is C=CC.C=CC.C=CC.COCCOC(=O)c1ccccc1. The summed E-state index contributed by atoms with van der Waals surface area (Å²) >= 11 is 0. The molecule has 22 heavy (non-hydrogen) atoms. The van der Waals surface area contributed by atoms with E-state index in [1.54, 1.807) is 49.6 Å². The third kappa shape index (κ3) is 23.0. The molecule has 0 unspecified atom stereocenters. The molecule has 0 atom stereocenters. The topological polar surface area (TPSA) is 35.5 Å². The summed E-state index contributed by atoms with van der Waals surface area (Å²) in [7, 11) is 1.57. The Labute approximate surface area is 136 Å². The maximum Gasteiger partial charge on any atom is 0.338 e. The quantitative estimate of drug-likeness (QED) is 0.443. The number of hydrogen-bond donors (Lipinski definition) is 0. The number of rotatable bonds is 4. The van der Waals surface area contributed by atoms with Gasteiger partial charge >= 0.3 is 5.97 Å². The molecule has 1 aromatic carbocycles. The van der Waals surface area contributed by atoms with E-state index in [1.165, 1.54) is 0 Å². The Hall–Kier alpha value is -2.13. The molecule has 3 nitrogen and oxygen atoms in total. The van der Waals surface area contributed by atoms with Crippen LogP contribution in [-0.4, -0.2) is 26.3 Å². The Balaban J connectivity index is -0.000000334. The predicted molar refractivity (Wildman–Crippen MR) is 96.2 cm³/mol. The molecular weight excluding hydrogens is 276 g/mol. The second kappa shape index (κ2) is 23.9. The zero-order chi connectivity index (χ0) is 17.6. The van der Waals surface area contributed by atoms with E-state index >= 15 is 0 Å². The third-order valence-electron chi connectivity index (χ3n) is 1.53. The van der Waals surface area contributed by atoms with Crippen LogP contribution in [0.15, 0.2) is 68.3 Å². The van der Waals surface area contributed by atoms with Gasteiger partial charge in [-0.15, -0.1) is 19.7 Å². The number of esters is 1. The zero-order valence-electron chi connectivity index (χ0n) is 14.4. The monoisotopic (exact) mass is 306 g/mol. The van der Waals surface area contributed by atoms with Gasteiger partial charge in [0.2, 0.25) is 0 Å².